The molecule has 0 rings (SSSR count). The highest BCUT2D eigenvalue weighted by Crippen LogP contribution is 2.08. The summed E-state index contributed by atoms with van der Waals surface area (Å²) in [6.07, 6.45) is 18.0. The third-order valence-corrected chi connectivity index (χ3v) is 3.06. The van der Waals surface area contributed by atoms with Crippen LogP contribution < -0.4 is 0 Å². The van der Waals surface area contributed by atoms with Gasteiger partial charge in [0.25, 0.3) is 0 Å². The predicted octanol–water partition coefficient (Wildman–Crippen LogP) is 6.93. The summed E-state index contributed by atoms with van der Waals surface area (Å²) in [5.41, 5.74) is 5.69. The fraction of sp³-hybridized carbons (Fsp3) is 0.500. The minimum Gasteiger partial charge on any atom is -0.0856 e. The molecule has 0 heterocycles. The van der Waals surface area contributed by atoms with E-state index < -0.39 is 0 Å². The van der Waals surface area contributed by atoms with E-state index in [1.807, 2.05) is 0 Å². The van der Waals surface area contributed by atoms with Gasteiger partial charge in [0.2, 0.25) is 0 Å². The second-order valence-corrected chi connectivity index (χ2v) is 6.05. The van der Waals surface area contributed by atoms with E-state index in [0.29, 0.717) is 0 Å². The van der Waals surface area contributed by atoms with Crippen molar-refractivity contribution in [1.82, 2.24) is 0 Å². The Morgan fingerprint density at radius 3 is 1.25 bits per heavy atom. The van der Waals surface area contributed by atoms with Crippen LogP contribution in [-0.2, 0) is 0 Å². The Kier molecular flexibility index (Phi) is 10.8. The summed E-state index contributed by atoms with van der Waals surface area (Å²) >= 11 is 0. The molecular formula is C20H32. The fourth-order valence-electron chi connectivity index (χ4n) is 1.78. The molecule has 0 atom stereocenters. The summed E-state index contributed by atoms with van der Waals surface area (Å²) in [4.78, 5) is 0. The maximum Gasteiger partial charge on any atom is -0.0285 e. The summed E-state index contributed by atoms with van der Waals surface area (Å²) < 4.78 is 0. The van der Waals surface area contributed by atoms with Crippen molar-refractivity contribution in [3.8, 4) is 0 Å². The van der Waals surface area contributed by atoms with Crippen molar-refractivity contribution in [2.75, 3.05) is 0 Å². The van der Waals surface area contributed by atoms with Crippen LogP contribution in [0, 0.1) is 0 Å². The van der Waals surface area contributed by atoms with E-state index in [-0.39, 0.29) is 0 Å². The van der Waals surface area contributed by atoms with Crippen molar-refractivity contribution in [3.05, 3.63) is 58.7 Å². The van der Waals surface area contributed by atoms with E-state index in [2.05, 4.69) is 78.0 Å². The Labute approximate surface area is 126 Å². The second-order valence-electron chi connectivity index (χ2n) is 6.05. The van der Waals surface area contributed by atoms with Gasteiger partial charge in [-0.25, -0.2) is 0 Å². The van der Waals surface area contributed by atoms with E-state index in [4.69, 9.17) is 0 Å². The van der Waals surface area contributed by atoms with Gasteiger partial charge in [-0.15, -0.1) is 0 Å². The van der Waals surface area contributed by atoms with Gasteiger partial charge in [0.05, 0.1) is 0 Å². The maximum absolute atomic E-state index is 2.30. The molecule has 0 radical (unpaired) electrons. The number of rotatable bonds is 8. The quantitative estimate of drug-likeness (QED) is 0.332. The number of hydrogen-bond acceptors (Lipinski definition) is 0. The molecule has 0 aliphatic carbocycles. The lowest BCUT2D eigenvalue weighted by Gasteiger charge is -1.97. The van der Waals surface area contributed by atoms with E-state index in [1.165, 1.54) is 22.3 Å². The molecule has 0 amide bonds. The molecule has 0 bridgehead atoms. The van der Waals surface area contributed by atoms with Crippen molar-refractivity contribution < 1.29 is 0 Å². The lowest BCUT2D eigenvalue weighted by molar-refractivity contribution is 0.965. The molecular weight excluding hydrogens is 240 g/mol. The van der Waals surface area contributed by atoms with Crippen LogP contribution in [0.1, 0.15) is 67.2 Å². The first-order chi connectivity index (χ1) is 9.41. The van der Waals surface area contributed by atoms with Gasteiger partial charge in [0, 0.05) is 0 Å². The molecule has 0 fully saturated rings. The van der Waals surface area contributed by atoms with Gasteiger partial charge >= 0.3 is 0 Å². The minimum absolute atomic E-state index is 1.15. The van der Waals surface area contributed by atoms with Crippen LogP contribution in [0.3, 0.4) is 0 Å². The minimum atomic E-state index is 1.15. The summed E-state index contributed by atoms with van der Waals surface area (Å²) in [6, 6.07) is 0. The lowest BCUT2D eigenvalue weighted by atomic mass is 10.1. The fourth-order valence-corrected chi connectivity index (χ4v) is 1.78. The summed E-state index contributed by atoms with van der Waals surface area (Å²) in [5.74, 6) is 0. The van der Waals surface area contributed by atoms with Gasteiger partial charge in [-0.05, 0) is 67.2 Å². The third-order valence-electron chi connectivity index (χ3n) is 3.06. The van der Waals surface area contributed by atoms with Crippen molar-refractivity contribution in [3.63, 3.8) is 0 Å². The zero-order valence-corrected chi connectivity index (χ0v) is 14.3. The van der Waals surface area contributed by atoms with Crippen LogP contribution in [0.2, 0.25) is 0 Å². The zero-order chi connectivity index (χ0) is 15.4. The lowest BCUT2D eigenvalue weighted by Crippen LogP contribution is -1.77. The molecule has 0 aliphatic heterocycles. The third kappa shape index (κ3) is 13.1. The van der Waals surface area contributed by atoms with Crippen LogP contribution in [-0.4, -0.2) is 0 Å². The topological polar surface area (TPSA) is 0 Å². The smallest absolute Gasteiger partial charge is 0.0285 e. The summed E-state index contributed by atoms with van der Waals surface area (Å²) in [5, 5.41) is 0. The molecule has 20 heavy (non-hydrogen) atoms. The summed E-state index contributed by atoms with van der Waals surface area (Å²) in [7, 11) is 0. The highest BCUT2D eigenvalue weighted by molar-refractivity contribution is 5.18. The Balaban J connectivity index is 4.09. The molecule has 0 N–H and O–H groups in total. The molecule has 0 heteroatoms. The van der Waals surface area contributed by atoms with Gasteiger partial charge in [0.15, 0.2) is 0 Å². The van der Waals surface area contributed by atoms with Crippen LogP contribution in [0.25, 0.3) is 0 Å². The first-order valence-corrected chi connectivity index (χ1v) is 7.68. The molecule has 0 aromatic heterocycles. The van der Waals surface area contributed by atoms with Crippen LogP contribution in [0.5, 0.6) is 0 Å². The molecule has 0 unspecified atom stereocenters. The molecule has 0 saturated carbocycles. The van der Waals surface area contributed by atoms with Crippen molar-refractivity contribution in [2.24, 2.45) is 0 Å². The molecule has 0 nitrogen and oxygen atoms in total. The Hall–Kier alpha value is -1.30. The van der Waals surface area contributed by atoms with E-state index >= 15 is 0 Å². The van der Waals surface area contributed by atoms with Gasteiger partial charge in [-0.1, -0.05) is 58.7 Å². The summed E-state index contributed by atoms with van der Waals surface area (Å²) in [6.45, 7) is 13.0. The van der Waals surface area contributed by atoms with Gasteiger partial charge in [-0.2, -0.15) is 0 Å². The standard InChI is InChI=1S/C20H32/c1-17(2)11-9-15-19(5)13-7-8-14-20(6)16-10-12-18(3)4/h7-8,11-14H,9-10,15-16H2,1-6H3/b8-7-,19-13-,20-14+. The Morgan fingerprint density at radius 1 is 0.600 bits per heavy atom. The Morgan fingerprint density at radius 2 is 0.950 bits per heavy atom. The second kappa shape index (κ2) is 11.5. The number of hydrogen-bond donors (Lipinski definition) is 0. The van der Waals surface area contributed by atoms with E-state index in [9.17, 15) is 0 Å². The SMILES string of the molecule is CC(C)=CCC\C(C)=C/C=C\C=C(/C)CCC=C(C)C. The molecule has 0 aliphatic rings. The van der Waals surface area contributed by atoms with Gasteiger partial charge in [-0.3, -0.25) is 0 Å². The van der Waals surface area contributed by atoms with Crippen molar-refractivity contribution in [2.45, 2.75) is 67.2 Å². The first kappa shape index (κ1) is 18.7. The highest BCUT2D eigenvalue weighted by Gasteiger charge is 1.88. The maximum atomic E-state index is 2.30. The van der Waals surface area contributed by atoms with Gasteiger partial charge < -0.3 is 0 Å². The van der Waals surface area contributed by atoms with Gasteiger partial charge in [0.1, 0.15) is 0 Å². The van der Waals surface area contributed by atoms with Crippen LogP contribution >= 0.6 is 0 Å². The predicted molar refractivity (Wildman–Crippen MR) is 94.0 cm³/mol. The first-order valence-electron chi connectivity index (χ1n) is 7.68. The molecule has 0 aromatic rings. The van der Waals surface area contributed by atoms with Crippen LogP contribution in [0.15, 0.2) is 58.7 Å². The number of allylic oxidation sites excluding steroid dienone is 10. The monoisotopic (exact) mass is 272 g/mol. The molecule has 0 spiro atoms. The van der Waals surface area contributed by atoms with Crippen molar-refractivity contribution in [1.29, 1.82) is 0 Å². The molecule has 112 valence electrons. The normalized spacial score (nSPS) is 12.7. The highest BCUT2D eigenvalue weighted by atomic mass is 13.9. The average molecular weight is 272 g/mol. The zero-order valence-electron chi connectivity index (χ0n) is 14.3. The van der Waals surface area contributed by atoms with Crippen molar-refractivity contribution >= 4 is 0 Å². The van der Waals surface area contributed by atoms with Crippen LogP contribution in [0.4, 0.5) is 0 Å². The average Bonchev–Trinajstić information content (AvgIpc) is 2.33. The molecule has 0 saturated heterocycles. The van der Waals surface area contributed by atoms with E-state index in [1.54, 1.807) is 0 Å². The van der Waals surface area contributed by atoms with E-state index in [0.717, 1.165) is 25.7 Å². The largest absolute Gasteiger partial charge is 0.0856 e. The molecule has 0 aromatic carbocycles. The Bertz CT molecular complexity index is 363.